The number of hydrogen-bond donors (Lipinski definition) is 2. The average Bonchev–Trinajstić information content (AvgIpc) is 2.95. The summed E-state index contributed by atoms with van der Waals surface area (Å²) in [5.74, 6) is -0.0911. The van der Waals surface area contributed by atoms with E-state index in [1.165, 1.54) is 30.7 Å². The fourth-order valence-corrected chi connectivity index (χ4v) is 5.33. The van der Waals surface area contributed by atoms with E-state index in [4.69, 9.17) is 11.6 Å². The topological polar surface area (TPSA) is 92.7 Å². The quantitative estimate of drug-likeness (QED) is 0.271. The van der Waals surface area contributed by atoms with E-state index in [1.54, 1.807) is 34.9 Å². The maximum Gasteiger partial charge on any atom is 0.263 e. The molecule has 1 atom stereocenters. The monoisotopic (exact) mass is 537 g/mol. The number of anilines is 1. The van der Waals surface area contributed by atoms with Crippen LogP contribution in [0.2, 0.25) is 5.02 Å². The molecule has 0 bridgehead atoms. The Bertz CT molecular complexity index is 1980. The standard InChI is InChI=1S/C30H21ClFN5O2/c1-17(36-29-25-23(38)13-14-33-28(25)34-16-35-29)27-26(31)22-12-6-11-21(18-7-5-8-19(32)15-18)24(22)30(39)37(27)20-9-3-2-4-10-20/h2-17H,1H3,(H2,33,34,35,36,38)/t17-/m0/s1. The van der Waals surface area contributed by atoms with Gasteiger partial charge in [-0.1, -0.05) is 60.1 Å². The lowest BCUT2D eigenvalue weighted by Crippen LogP contribution is -2.27. The Hall–Kier alpha value is -4.82. The minimum absolute atomic E-state index is 0.246. The van der Waals surface area contributed by atoms with Crippen molar-refractivity contribution < 1.29 is 4.39 Å². The Morgan fingerprint density at radius 1 is 0.949 bits per heavy atom. The smallest absolute Gasteiger partial charge is 0.263 e. The van der Waals surface area contributed by atoms with Gasteiger partial charge in [-0.2, -0.15) is 0 Å². The lowest BCUT2D eigenvalue weighted by Gasteiger charge is -2.24. The van der Waals surface area contributed by atoms with Gasteiger partial charge >= 0.3 is 0 Å². The second kappa shape index (κ2) is 9.81. The predicted octanol–water partition coefficient (Wildman–Crippen LogP) is 6.25. The van der Waals surface area contributed by atoms with Crippen LogP contribution in [-0.2, 0) is 0 Å². The summed E-state index contributed by atoms with van der Waals surface area (Å²) in [4.78, 5) is 38.4. The zero-order chi connectivity index (χ0) is 27.1. The van der Waals surface area contributed by atoms with Gasteiger partial charge in [-0.25, -0.2) is 14.4 Å². The van der Waals surface area contributed by atoms with Crippen molar-refractivity contribution in [1.82, 2.24) is 19.5 Å². The lowest BCUT2D eigenvalue weighted by molar-refractivity contribution is 0.628. The number of halogens is 2. The molecule has 0 spiro atoms. The summed E-state index contributed by atoms with van der Waals surface area (Å²) in [6.45, 7) is 1.84. The first-order chi connectivity index (χ1) is 18.9. The Morgan fingerprint density at radius 2 is 1.74 bits per heavy atom. The van der Waals surface area contributed by atoms with Crippen LogP contribution in [0.3, 0.4) is 0 Å². The number of para-hydroxylation sites is 1. The van der Waals surface area contributed by atoms with Crippen molar-refractivity contribution in [3.63, 3.8) is 0 Å². The van der Waals surface area contributed by atoms with Gasteiger partial charge in [0.2, 0.25) is 0 Å². The summed E-state index contributed by atoms with van der Waals surface area (Å²) in [6.07, 6.45) is 2.87. The third-order valence-corrected chi connectivity index (χ3v) is 7.04. The van der Waals surface area contributed by atoms with E-state index in [2.05, 4.69) is 20.3 Å². The molecule has 0 radical (unpaired) electrons. The fourth-order valence-electron chi connectivity index (χ4n) is 4.93. The summed E-state index contributed by atoms with van der Waals surface area (Å²) in [5.41, 5.74) is 2.06. The maximum atomic E-state index is 14.3. The third kappa shape index (κ3) is 4.24. The molecule has 3 aromatic heterocycles. The molecule has 0 aliphatic heterocycles. The molecule has 2 N–H and O–H groups in total. The Kier molecular flexibility index (Phi) is 6.17. The molecule has 0 saturated carbocycles. The SMILES string of the molecule is C[C@H](Nc1ncnc2[nH]ccc(=O)c12)c1c(Cl)c2cccc(-c3cccc(F)c3)c2c(=O)n1-c1ccccc1. The molecule has 3 aromatic carbocycles. The number of fused-ring (bicyclic) bond motifs is 2. The third-order valence-electron chi connectivity index (χ3n) is 6.65. The maximum absolute atomic E-state index is 14.3. The number of rotatable bonds is 5. The van der Waals surface area contributed by atoms with Gasteiger partial charge in [0, 0.05) is 23.3 Å². The molecule has 9 heteroatoms. The number of nitrogens with zero attached hydrogens (tertiary/aromatic N) is 3. The van der Waals surface area contributed by atoms with E-state index in [0.717, 1.165) is 0 Å². The van der Waals surface area contributed by atoms with Gasteiger partial charge in [-0.15, -0.1) is 0 Å². The molecule has 0 aliphatic rings. The lowest BCUT2D eigenvalue weighted by atomic mass is 9.97. The van der Waals surface area contributed by atoms with Crippen molar-refractivity contribution in [3.05, 3.63) is 128 Å². The molecule has 0 aliphatic carbocycles. The molecule has 3 heterocycles. The van der Waals surface area contributed by atoms with Crippen molar-refractivity contribution in [2.75, 3.05) is 5.32 Å². The van der Waals surface area contributed by atoms with Gasteiger partial charge in [-0.05, 0) is 42.3 Å². The van der Waals surface area contributed by atoms with Crippen molar-refractivity contribution in [1.29, 1.82) is 0 Å². The molecule has 0 amide bonds. The summed E-state index contributed by atoms with van der Waals surface area (Å²) < 4.78 is 15.7. The molecule has 0 saturated heterocycles. The zero-order valence-corrected chi connectivity index (χ0v) is 21.4. The molecular formula is C30H21ClFN5O2. The van der Waals surface area contributed by atoms with E-state index < -0.39 is 11.9 Å². The number of aromatic nitrogens is 4. The van der Waals surface area contributed by atoms with Crippen LogP contribution in [0.15, 0.2) is 101 Å². The van der Waals surface area contributed by atoms with Gasteiger partial charge in [0.15, 0.2) is 5.43 Å². The second-order valence-corrected chi connectivity index (χ2v) is 9.45. The Labute approximate surface area is 226 Å². The molecule has 6 aromatic rings. The molecule has 192 valence electrons. The van der Waals surface area contributed by atoms with Crippen molar-refractivity contribution in [3.8, 4) is 16.8 Å². The number of benzene rings is 3. The van der Waals surface area contributed by atoms with E-state index in [0.29, 0.717) is 55.2 Å². The van der Waals surface area contributed by atoms with Crippen LogP contribution in [-0.4, -0.2) is 19.5 Å². The molecule has 6 rings (SSSR count). The normalized spacial score (nSPS) is 12.1. The van der Waals surface area contributed by atoms with Crippen LogP contribution in [0, 0.1) is 5.82 Å². The van der Waals surface area contributed by atoms with Crippen LogP contribution in [0.5, 0.6) is 0 Å². The highest BCUT2D eigenvalue weighted by Crippen LogP contribution is 2.36. The molecule has 0 fully saturated rings. The Morgan fingerprint density at radius 3 is 2.54 bits per heavy atom. The first-order valence-electron chi connectivity index (χ1n) is 12.2. The second-order valence-electron chi connectivity index (χ2n) is 9.07. The molecule has 39 heavy (non-hydrogen) atoms. The van der Waals surface area contributed by atoms with Gasteiger partial charge in [0.25, 0.3) is 5.56 Å². The van der Waals surface area contributed by atoms with E-state index in [-0.39, 0.29) is 11.0 Å². The van der Waals surface area contributed by atoms with Crippen LogP contribution in [0.25, 0.3) is 38.6 Å². The largest absolute Gasteiger partial charge is 0.361 e. The Balaban J connectivity index is 1.62. The van der Waals surface area contributed by atoms with Crippen molar-refractivity contribution >= 4 is 39.2 Å². The highest BCUT2D eigenvalue weighted by atomic mass is 35.5. The summed E-state index contributed by atoms with van der Waals surface area (Å²) in [7, 11) is 0. The fraction of sp³-hybridized carbons (Fsp3) is 0.0667. The van der Waals surface area contributed by atoms with Crippen molar-refractivity contribution in [2.45, 2.75) is 13.0 Å². The number of hydrogen-bond acceptors (Lipinski definition) is 5. The predicted molar refractivity (Wildman–Crippen MR) is 152 cm³/mol. The van der Waals surface area contributed by atoms with E-state index in [1.807, 2.05) is 37.3 Å². The number of aromatic amines is 1. The minimum atomic E-state index is -0.565. The highest BCUT2D eigenvalue weighted by molar-refractivity contribution is 6.36. The van der Waals surface area contributed by atoms with E-state index in [9.17, 15) is 14.0 Å². The highest BCUT2D eigenvalue weighted by Gasteiger charge is 2.24. The minimum Gasteiger partial charge on any atom is -0.361 e. The van der Waals surface area contributed by atoms with Crippen LogP contribution >= 0.6 is 11.6 Å². The van der Waals surface area contributed by atoms with Gasteiger partial charge in [0.1, 0.15) is 29.0 Å². The van der Waals surface area contributed by atoms with Gasteiger partial charge in [0.05, 0.1) is 22.1 Å². The number of nitrogens with one attached hydrogen (secondary N) is 2. The average molecular weight is 538 g/mol. The van der Waals surface area contributed by atoms with Crippen molar-refractivity contribution in [2.24, 2.45) is 0 Å². The number of H-pyrrole nitrogens is 1. The molecule has 7 nitrogen and oxygen atoms in total. The van der Waals surface area contributed by atoms with Gasteiger partial charge in [-0.3, -0.25) is 14.2 Å². The number of pyridine rings is 2. The summed E-state index contributed by atoms with van der Waals surface area (Å²) in [6, 6.07) is 21.5. The van der Waals surface area contributed by atoms with Crippen LogP contribution in [0.1, 0.15) is 18.7 Å². The molecular weight excluding hydrogens is 517 g/mol. The molecule has 0 unspecified atom stereocenters. The van der Waals surface area contributed by atoms with Crippen LogP contribution in [0.4, 0.5) is 10.2 Å². The zero-order valence-electron chi connectivity index (χ0n) is 20.7. The summed E-state index contributed by atoms with van der Waals surface area (Å²) in [5, 5.41) is 4.82. The summed E-state index contributed by atoms with van der Waals surface area (Å²) >= 11 is 7.10. The van der Waals surface area contributed by atoms with Crippen LogP contribution < -0.4 is 16.3 Å². The van der Waals surface area contributed by atoms with E-state index >= 15 is 0 Å². The first kappa shape index (κ1) is 24.5. The first-order valence-corrected chi connectivity index (χ1v) is 12.6. The van der Waals surface area contributed by atoms with Gasteiger partial charge < -0.3 is 10.3 Å².